The Balaban J connectivity index is 1.58. The smallest absolute Gasteiger partial charge is 0.213 e. The van der Waals surface area contributed by atoms with Crippen LogP contribution in [0.15, 0.2) is 77.9 Å². The van der Waals surface area contributed by atoms with Crippen molar-refractivity contribution in [2.24, 2.45) is 5.10 Å². The maximum atomic E-state index is 13.4. The Morgan fingerprint density at radius 2 is 1.70 bits per heavy atom. The van der Waals surface area contributed by atoms with Gasteiger partial charge in [0, 0.05) is 17.5 Å². The van der Waals surface area contributed by atoms with Gasteiger partial charge in [0.25, 0.3) is 0 Å². The SMILES string of the molecule is Cc1ccc(C2=NN3[C@H](C2)c2ccccc2O[C@@H]3c2ccc(F)cc2)cc1. The predicted octanol–water partition coefficient (Wildman–Crippen LogP) is 5.38. The van der Waals surface area contributed by atoms with Crippen molar-refractivity contribution in [3.8, 4) is 5.75 Å². The maximum absolute atomic E-state index is 13.4. The van der Waals surface area contributed by atoms with Crippen molar-refractivity contribution in [2.45, 2.75) is 25.6 Å². The van der Waals surface area contributed by atoms with E-state index in [9.17, 15) is 4.39 Å². The van der Waals surface area contributed by atoms with E-state index >= 15 is 0 Å². The zero-order chi connectivity index (χ0) is 18.4. The molecule has 2 atom stereocenters. The second kappa shape index (κ2) is 6.23. The molecule has 4 heteroatoms. The van der Waals surface area contributed by atoms with E-state index < -0.39 is 0 Å². The summed E-state index contributed by atoms with van der Waals surface area (Å²) >= 11 is 0. The van der Waals surface area contributed by atoms with Crippen molar-refractivity contribution in [1.82, 2.24) is 5.01 Å². The van der Waals surface area contributed by atoms with E-state index in [-0.39, 0.29) is 18.1 Å². The number of hydrogen-bond acceptors (Lipinski definition) is 3. The van der Waals surface area contributed by atoms with Gasteiger partial charge in [-0.15, -0.1) is 0 Å². The van der Waals surface area contributed by atoms with Crippen LogP contribution in [-0.4, -0.2) is 10.7 Å². The van der Waals surface area contributed by atoms with Crippen molar-refractivity contribution in [1.29, 1.82) is 0 Å². The lowest BCUT2D eigenvalue weighted by molar-refractivity contribution is -0.0190. The first-order valence-electron chi connectivity index (χ1n) is 9.13. The number of hydrazone groups is 1. The summed E-state index contributed by atoms with van der Waals surface area (Å²) in [6.07, 6.45) is 0.453. The summed E-state index contributed by atoms with van der Waals surface area (Å²) in [6.45, 7) is 2.08. The summed E-state index contributed by atoms with van der Waals surface area (Å²) in [7, 11) is 0. The molecule has 3 aromatic rings. The first-order valence-corrected chi connectivity index (χ1v) is 9.13. The van der Waals surface area contributed by atoms with Gasteiger partial charge in [-0.2, -0.15) is 5.10 Å². The number of halogens is 1. The molecule has 0 saturated carbocycles. The molecule has 0 bridgehead atoms. The zero-order valence-electron chi connectivity index (χ0n) is 15.0. The summed E-state index contributed by atoms with van der Waals surface area (Å²) in [4.78, 5) is 0. The third-order valence-electron chi connectivity index (χ3n) is 5.24. The number of para-hydroxylation sites is 1. The normalized spacial score (nSPS) is 20.5. The van der Waals surface area contributed by atoms with Crippen molar-refractivity contribution in [2.75, 3.05) is 0 Å². The second-order valence-electron chi connectivity index (χ2n) is 7.07. The average molecular weight is 358 g/mol. The Morgan fingerprint density at radius 3 is 2.48 bits per heavy atom. The fourth-order valence-corrected chi connectivity index (χ4v) is 3.80. The number of fused-ring (bicyclic) bond motifs is 3. The fourth-order valence-electron chi connectivity index (χ4n) is 3.80. The van der Waals surface area contributed by atoms with Crippen LogP contribution in [0.3, 0.4) is 0 Å². The lowest BCUT2D eigenvalue weighted by Gasteiger charge is -2.38. The summed E-state index contributed by atoms with van der Waals surface area (Å²) in [6, 6.07) is 23.1. The van der Waals surface area contributed by atoms with E-state index in [0.717, 1.165) is 34.6 Å². The van der Waals surface area contributed by atoms with Crippen molar-refractivity contribution < 1.29 is 9.13 Å². The minimum atomic E-state index is -0.367. The number of ether oxygens (including phenoxy) is 1. The average Bonchev–Trinajstić information content (AvgIpc) is 3.14. The molecule has 0 saturated heterocycles. The number of hydrogen-bond donors (Lipinski definition) is 0. The quantitative estimate of drug-likeness (QED) is 0.615. The third-order valence-corrected chi connectivity index (χ3v) is 5.24. The fraction of sp³-hybridized carbons (Fsp3) is 0.174. The van der Waals surface area contributed by atoms with E-state index in [1.54, 1.807) is 12.1 Å². The first kappa shape index (κ1) is 16.1. The molecule has 0 unspecified atom stereocenters. The van der Waals surface area contributed by atoms with Crippen molar-refractivity contribution in [3.05, 3.63) is 101 Å². The van der Waals surface area contributed by atoms with Gasteiger partial charge in [0.1, 0.15) is 11.6 Å². The Bertz CT molecular complexity index is 1010. The highest BCUT2D eigenvalue weighted by Gasteiger charge is 2.40. The van der Waals surface area contributed by atoms with Crippen LogP contribution < -0.4 is 4.74 Å². The van der Waals surface area contributed by atoms with Gasteiger partial charge in [-0.25, -0.2) is 9.40 Å². The Hall–Kier alpha value is -3.14. The number of rotatable bonds is 2. The monoisotopic (exact) mass is 358 g/mol. The standard InChI is InChI=1S/C23H19FN2O/c1-15-6-8-16(9-7-15)20-14-21-19-4-2-3-5-22(19)27-23(26(21)25-20)17-10-12-18(24)13-11-17/h2-13,21,23H,14H2,1H3/t21-,23-/m1/s1. The molecule has 0 fully saturated rings. The van der Waals surface area contributed by atoms with Crippen LogP contribution in [0.5, 0.6) is 5.75 Å². The van der Waals surface area contributed by atoms with E-state index in [2.05, 4.69) is 37.3 Å². The highest BCUT2D eigenvalue weighted by atomic mass is 19.1. The van der Waals surface area contributed by atoms with E-state index in [0.29, 0.717) is 0 Å². The van der Waals surface area contributed by atoms with Crippen molar-refractivity contribution in [3.63, 3.8) is 0 Å². The Kier molecular flexibility index (Phi) is 3.71. The highest BCUT2D eigenvalue weighted by molar-refractivity contribution is 6.02. The molecule has 3 aromatic carbocycles. The van der Waals surface area contributed by atoms with Crippen molar-refractivity contribution >= 4 is 5.71 Å². The molecular weight excluding hydrogens is 339 g/mol. The molecule has 2 aliphatic heterocycles. The number of aryl methyl sites for hydroxylation is 1. The van der Waals surface area contributed by atoms with Gasteiger partial charge >= 0.3 is 0 Å². The van der Waals surface area contributed by atoms with Gasteiger partial charge in [0.05, 0.1) is 11.8 Å². The van der Waals surface area contributed by atoms with Gasteiger partial charge < -0.3 is 4.74 Å². The molecule has 3 nitrogen and oxygen atoms in total. The molecule has 0 amide bonds. The summed E-state index contributed by atoms with van der Waals surface area (Å²) in [5.41, 5.74) is 5.44. The first-order chi connectivity index (χ1) is 13.2. The van der Waals surface area contributed by atoms with Crippen LogP contribution >= 0.6 is 0 Å². The summed E-state index contributed by atoms with van der Waals surface area (Å²) < 4.78 is 19.7. The number of nitrogens with zero attached hydrogens (tertiary/aromatic N) is 2. The second-order valence-corrected chi connectivity index (χ2v) is 7.07. The van der Waals surface area contributed by atoms with E-state index in [4.69, 9.17) is 9.84 Å². The zero-order valence-corrected chi connectivity index (χ0v) is 15.0. The van der Waals surface area contributed by atoms with E-state index in [1.165, 1.54) is 17.7 Å². The maximum Gasteiger partial charge on any atom is 0.213 e. The third kappa shape index (κ3) is 2.78. The topological polar surface area (TPSA) is 24.8 Å². The molecule has 0 aliphatic carbocycles. The predicted molar refractivity (Wildman–Crippen MR) is 103 cm³/mol. The van der Waals surface area contributed by atoms with Gasteiger partial charge in [0.15, 0.2) is 0 Å². The lowest BCUT2D eigenvalue weighted by Crippen LogP contribution is -2.33. The van der Waals surface area contributed by atoms with Gasteiger partial charge in [-0.05, 0) is 30.7 Å². The van der Waals surface area contributed by atoms with E-state index in [1.807, 2.05) is 23.2 Å². The lowest BCUT2D eigenvalue weighted by atomic mass is 9.95. The molecule has 2 heterocycles. The summed E-state index contributed by atoms with van der Waals surface area (Å²) in [5.74, 6) is 0.616. The van der Waals surface area contributed by atoms with Gasteiger partial charge in [0.2, 0.25) is 6.23 Å². The molecule has 134 valence electrons. The molecule has 0 radical (unpaired) electrons. The molecule has 5 rings (SSSR count). The van der Waals surface area contributed by atoms with Crippen LogP contribution in [0.2, 0.25) is 0 Å². The van der Waals surface area contributed by atoms with Crippen LogP contribution in [0.25, 0.3) is 0 Å². The van der Waals surface area contributed by atoms with Gasteiger partial charge in [-0.3, -0.25) is 0 Å². The molecular formula is C23H19FN2O. The number of benzene rings is 3. The Labute approximate surface area is 157 Å². The molecule has 27 heavy (non-hydrogen) atoms. The van der Waals surface area contributed by atoms with Crippen LogP contribution in [0, 0.1) is 12.7 Å². The Morgan fingerprint density at radius 1 is 0.963 bits per heavy atom. The van der Waals surface area contributed by atoms with Crippen LogP contribution in [-0.2, 0) is 0 Å². The molecule has 2 aliphatic rings. The van der Waals surface area contributed by atoms with Crippen LogP contribution in [0.4, 0.5) is 4.39 Å². The minimum Gasteiger partial charge on any atom is -0.464 e. The summed E-state index contributed by atoms with van der Waals surface area (Å²) in [5, 5.41) is 6.94. The minimum absolute atomic E-state index is 0.112. The molecule has 0 aromatic heterocycles. The van der Waals surface area contributed by atoms with Gasteiger partial charge in [-0.1, -0.05) is 60.2 Å². The largest absolute Gasteiger partial charge is 0.464 e. The molecule has 0 N–H and O–H groups in total. The highest BCUT2D eigenvalue weighted by Crippen LogP contribution is 2.47. The molecule has 0 spiro atoms. The van der Waals surface area contributed by atoms with Crippen LogP contribution in [0.1, 0.15) is 40.9 Å².